The number of piperidine rings is 1. The summed E-state index contributed by atoms with van der Waals surface area (Å²) in [6.07, 6.45) is 6.39. The molecule has 7 rings (SSSR count). The molecule has 1 fully saturated rings. The minimum absolute atomic E-state index is 0.120. The summed E-state index contributed by atoms with van der Waals surface area (Å²) in [4.78, 5) is 23.9. The van der Waals surface area contributed by atoms with Crippen molar-refractivity contribution in [1.82, 2.24) is 34.0 Å². The van der Waals surface area contributed by atoms with Crippen LogP contribution in [0.1, 0.15) is 32.3 Å². The molecule has 1 aliphatic heterocycles. The molecule has 44 heavy (non-hydrogen) atoms. The molecule has 2 N–H and O–H groups in total. The highest BCUT2D eigenvalue weighted by Crippen LogP contribution is 2.33. The average Bonchev–Trinajstić information content (AvgIpc) is 3.64. The molecule has 4 aromatic heterocycles. The van der Waals surface area contributed by atoms with Crippen LogP contribution in [-0.4, -0.2) is 70.8 Å². The molecule has 0 spiro atoms. The number of hydrogen-bond donors (Lipinski definition) is 2. The van der Waals surface area contributed by atoms with Crippen molar-refractivity contribution in [3.63, 3.8) is 0 Å². The zero-order valence-electron chi connectivity index (χ0n) is 24.5. The summed E-state index contributed by atoms with van der Waals surface area (Å²) in [5.74, 6) is 1.03. The monoisotopic (exact) mass is 585 g/mol. The lowest BCUT2D eigenvalue weighted by atomic mass is 9.86. The Balaban J connectivity index is 1.23. The van der Waals surface area contributed by atoms with Gasteiger partial charge in [-0.05, 0) is 74.2 Å². The third kappa shape index (κ3) is 4.94. The van der Waals surface area contributed by atoms with Gasteiger partial charge in [-0.1, -0.05) is 18.2 Å². The number of nitrogens with one attached hydrogen (secondary N) is 1. The van der Waals surface area contributed by atoms with Gasteiger partial charge in [0.1, 0.15) is 12.1 Å². The summed E-state index contributed by atoms with van der Waals surface area (Å²) < 4.78 is 3.99. The van der Waals surface area contributed by atoms with Crippen LogP contribution in [0.5, 0.6) is 0 Å². The van der Waals surface area contributed by atoms with Crippen LogP contribution in [0.2, 0.25) is 0 Å². The standard InChI is InChI=1S/C33H31N9O2/c1-33(2,19-34)23-5-7-24(8-6-23)42-31-26-15-21(3-9-27(26)35-17-28(31)41-20-37-39-32(41)42)22-4-10-29(36-16-22)38-30(44)18-40-13-11-25(43)12-14-40/h3-10,15-17,20,25,43H,11-14,18H2,1-2H3,(H,36,38,44). The predicted molar refractivity (Wildman–Crippen MR) is 167 cm³/mol. The van der Waals surface area contributed by atoms with E-state index in [9.17, 15) is 15.2 Å². The number of hydrogen-bond acceptors (Lipinski definition) is 8. The zero-order chi connectivity index (χ0) is 30.4. The normalized spacial score (nSPS) is 14.8. The van der Waals surface area contributed by atoms with E-state index in [0.29, 0.717) is 37.5 Å². The van der Waals surface area contributed by atoms with Crippen LogP contribution in [0.3, 0.4) is 0 Å². The Morgan fingerprint density at radius 2 is 1.82 bits per heavy atom. The van der Waals surface area contributed by atoms with Crippen LogP contribution in [-0.2, 0) is 10.2 Å². The number of aliphatic hydroxyl groups excluding tert-OH is 1. The molecule has 11 nitrogen and oxygen atoms in total. The minimum Gasteiger partial charge on any atom is -0.393 e. The fraction of sp³-hybridized carbons (Fsp3) is 0.273. The van der Waals surface area contributed by atoms with E-state index in [2.05, 4.69) is 37.2 Å². The highest BCUT2D eigenvalue weighted by molar-refractivity contribution is 6.06. The molecule has 0 saturated carbocycles. The van der Waals surface area contributed by atoms with E-state index in [0.717, 1.165) is 44.3 Å². The number of rotatable bonds is 6. The molecule has 6 aromatic rings. The Hall–Kier alpha value is -5.18. The molecule has 0 atom stereocenters. The Kier molecular flexibility index (Phi) is 6.80. The first-order valence-corrected chi connectivity index (χ1v) is 14.6. The molecule has 2 aromatic carbocycles. The second-order valence-electron chi connectivity index (χ2n) is 11.8. The van der Waals surface area contributed by atoms with Crippen molar-refractivity contribution in [1.29, 1.82) is 5.26 Å². The fourth-order valence-electron chi connectivity index (χ4n) is 5.85. The highest BCUT2D eigenvalue weighted by atomic mass is 16.3. The number of pyridine rings is 2. The van der Waals surface area contributed by atoms with Gasteiger partial charge in [-0.3, -0.25) is 23.6 Å². The van der Waals surface area contributed by atoms with Gasteiger partial charge in [0.2, 0.25) is 11.7 Å². The predicted octanol–water partition coefficient (Wildman–Crippen LogP) is 4.48. The van der Waals surface area contributed by atoms with Crippen LogP contribution in [0, 0.1) is 11.3 Å². The smallest absolute Gasteiger partial charge is 0.241 e. The Labute approximate surface area is 253 Å². The minimum atomic E-state index is -0.600. The van der Waals surface area contributed by atoms with Crippen LogP contribution < -0.4 is 5.32 Å². The molecule has 1 saturated heterocycles. The molecule has 0 radical (unpaired) electrons. The van der Waals surface area contributed by atoms with Crippen molar-refractivity contribution in [3.05, 3.63) is 78.9 Å². The van der Waals surface area contributed by atoms with Crippen LogP contribution in [0.15, 0.2) is 73.3 Å². The molecule has 5 heterocycles. The average molecular weight is 586 g/mol. The Morgan fingerprint density at radius 1 is 1.05 bits per heavy atom. The number of imidazole rings is 1. The molecule has 0 unspecified atom stereocenters. The third-order valence-corrected chi connectivity index (χ3v) is 8.45. The topological polar surface area (TPSA) is 137 Å². The number of aliphatic hydroxyl groups is 1. The lowest BCUT2D eigenvalue weighted by molar-refractivity contribution is -0.117. The van der Waals surface area contributed by atoms with Crippen LogP contribution >= 0.6 is 0 Å². The molecular weight excluding hydrogens is 554 g/mol. The molecular formula is C33H31N9O2. The molecule has 0 aliphatic carbocycles. The van der Waals surface area contributed by atoms with E-state index in [-0.39, 0.29) is 18.6 Å². The maximum absolute atomic E-state index is 12.6. The lowest BCUT2D eigenvalue weighted by Crippen LogP contribution is -2.40. The third-order valence-electron chi connectivity index (χ3n) is 8.45. The molecule has 11 heteroatoms. The van der Waals surface area contributed by atoms with Crippen molar-refractivity contribution < 1.29 is 9.90 Å². The number of aromatic nitrogens is 6. The second kappa shape index (κ2) is 10.8. The fourth-order valence-corrected chi connectivity index (χ4v) is 5.85. The number of likely N-dealkylation sites (tertiary alicyclic amines) is 1. The van der Waals surface area contributed by atoms with Gasteiger partial charge in [0.25, 0.3) is 0 Å². The van der Waals surface area contributed by atoms with Gasteiger partial charge < -0.3 is 10.4 Å². The van der Waals surface area contributed by atoms with Gasteiger partial charge in [0.15, 0.2) is 0 Å². The second-order valence-corrected chi connectivity index (χ2v) is 11.8. The summed E-state index contributed by atoms with van der Waals surface area (Å²) in [6, 6.07) is 20.2. The van der Waals surface area contributed by atoms with Crippen molar-refractivity contribution in [2.24, 2.45) is 0 Å². The quantitative estimate of drug-likeness (QED) is 0.292. The summed E-state index contributed by atoms with van der Waals surface area (Å²) in [5.41, 5.74) is 5.74. The maximum Gasteiger partial charge on any atom is 0.241 e. The van der Waals surface area contributed by atoms with E-state index in [1.54, 1.807) is 12.5 Å². The van der Waals surface area contributed by atoms with Crippen LogP contribution in [0.25, 0.3) is 44.5 Å². The largest absolute Gasteiger partial charge is 0.393 e. The van der Waals surface area contributed by atoms with E-state index in [4.69, 9.17) is 4.98 Å². The van der Waals surface area contributed by atoms with E-state index in [1.807, 2.05) is 77.9 Å². The molecule has 1 amide bonds. The van der Waals surface area contributed by atoms with Gasteiger partial charge in [-0.25, -0.2) is 4.98 Å². The first-order chi connectivity index (χ1) is 21.3. The molecule has 0 bridgehead atoms. The van der Waals surface area contributed by atoms with E-state index >= 15 is 0 Å². The first-order valence-electron chi connectivity index (χ1n) is 14.6. The van der Waals surface area contributed by atoms with Crippen molar-refractivity contribution in [3.8, 4) is 22.9 Å². The van der Waals surface area contributed by atoms with E-state index in [1.165, 1.54) is 0 Å². The SMILES string of the molecule is CC(C)(C#N)c1ccc(-n2c3c4cc(-c5ccc(NC(=O)CN6CCC(O)CC6)nc5)ccc4ncc3n3cnnc23)cc1. The summed E-state index contributed by atoms with van der Waals surface area (Å²) in [5, 5.41) is 31.7. The Bertz CT molecular complexity index is 2050. The van der Waals surface area contributed by atoms with Gasteiger partial charge in [0.05, 0.1) is 46.9 Å². The van der Waals surface area contributed by atoms with E-state index < -0.39 is 5.41 Å². The highest BCUT2D eigenvalue weighted by Gasteiger charge is 2.22. The van der Waals surface area contributed by atoms with Crippen molar-refractivity contribution in [2.75, 3.05) is 25.0 Å². The first kappa shape index (κ1) is 27.6. The number of carbonyl (C=O) groups excluding carboxylic acids is 1. The zero-order valence-corrected chi connectivity index (χ0v) is 24.5. The summed E-state index contributed by atoms with van der Waals surface area (Å²) >= 11 is 0. The number of amides is 1. The van der Waals surface area contributed by atoms with Crippen molar-refractivity contribution in [2.45, 2.75) is 38.2 Å². The Morgan fingerprint density at radius 3 is 2.55 bits per heavy atom. The maximum atomic E-state index is 12.6. The number of anilines is 1. The van der Waals surface area contributed by atoms with Gasteiger partial charge in [-0.15, -0.1) is 10.2 Å². The van der Waals surface area contributed by atoms with Gasteiger partial charge >= 0.3 is 0 Å². The van der Waals surface area contributed by atoms with Crippen LogP contribution in [0.4, 0.5) is 5.82 Å². The lowest BCUT2D eigenvalue weighted by Gasteiger charge is -2.28. The van der Waals surface area contributed by atoms with Crippen molar-refractivity contribution >= 4 is 39.4 Å². The summed E-state index contributed by atoms with van der Waals surface area (Å²) in [6.45, 7) is 5.51. The van der Waals surface area contributed by atoms with Gasteiger partial charge in [0, 0.05) is 35.9 Å². The number of nitrogens with zero attached hydrogens (tertiary/aromatic N) is 8. The molecule has 1 aliphatic rings. The number of fused-ring (bicyclic) bond motifs is 5. The number of carbonyl (C=O) groups is 1. The number of nitriles is 1. The molecule has 220 valence electrons. The van der Waals surface area contributed by atoms with Gasteiger partial charge in [-0.2, -0.15) is 5.26 Å². The summed E-state index contributed by atoms with van der Waals surface area (Å²) in [7, 11) is 0. The number of benzene rings is 2.